The van der Waals surface area contributed by atoms with E-state index < -0.39 is 5.41 Å². The summed E-state index contributed by atoms with van der Waals surface area (Å²) < 4.78 is 27.2. The van der Waals surface area contributed by atoms with Crippen molar-refractivity contribution in [1.82, 2.24) is 4.90 Å². The molecule has 4 rings (SSSR count). The second-order valence-corrected chi connectivity index (χ2v) is 7.97. The van der Waals surface area contributed by atoms with Gasteiger partial charge in [0.25, 0.3) is 0 Å². The largest absolute Gasteiger partial charge is 0.299 e. The van der Waals surface area contributed by atoms with Gasteiger partial charge in [-0.2, -0.15) is 5.26 Å². The van der Waals surface area contributed by atoms with Gasteiger partial charge >= 0.3 is 0 Å². The molecule has 152 valence electrons. The lowest BCUT2D eigenvalue weighted by Crippen LogP contribution is -2.43. The molecule has 1 saturated heterocycles. The van der Waals surface area contributed by atoms with Crippen LogP contribution in [-0.4, -0.2) is 18.0 Å². The Morgan fingerprint density at radius 3 is 1.77 bits per heavy atom. The van der Waals surface area contributed by atoms with Gasteiger partial charge < -0.3 is 0 Å². The average molecular weight is 402 g/mol. The van der Waals surface area contributed by atoms with Gasteiger partial charge in [-0.25, -0.2) is 8.78 Å². The van der Waals surface area contributed by atoms with E-state index in [4.69, 9.17) is 0 Å². The highest BCUT2D eigenvalue weighted by atomic mass is 19.1. The van der Waals surface area contributed by atoms with Crippen molar-refractivity contribution >= 4 is 0 Å². The summed E-state index contributed by atoms with van der Waals surface area (Å²) in [5, 5.41) is 10.4. The lowest BCUT2D eigenvalue weighted by Gasteiger charge is -2.41. The van der Waals surface area contributed by atoms with Crippen molar-refractivity contribution in [3.63, 3.8) is 0 Å². The van der Waals surface area contributed by atoms with Crippen LogP contribution in [0, 0.1) is 28.9 Å². The Hall–Kier alpha value is -3.03. The molecule has 0 unspecified atom stereocenters. The third-order valence-electron chi connectivity index (χ3n) is 6.22. The molecule has 0 atom stereocenters. The van der Waals surface area contributed by atoms with Crippen LogP contribution < -0.4 is 0 Å². The molecule has 1 aliphatic rings. The first-order valence-corrected chi connectivity index (χ1v) is 10.3. The van der Waals surface area contributed by atoms with Crippen molar-refractivity contribution in [3.8, 4) is 6.07 Å². The minimum atomic E-state index is -0.930. The average Bonchev–Trinajstić information content (AvgIpc) is 2.78. The van der Waals surface area contributed by atoms with Crippen LogP contribution >= 0.6 is 0 Å². The van der Waals surface area contributed by atoms with Gasteiger partial charge in [-0.3, -0.25) is 4.90 Å². The fraction of sp³-hybridized carbons (Fsp3) is 0.269. The van der Waals surface area contributed by atoms with Crippen molar-refractivity contribution < 1.29 is 8.78 Å². The summed E-state index contributed by atoms with van der Waals surface area (Å²) in [6.07, 6.45) is 1.68. The van der Waals surface area contributed by atoms with Gasteiger partial charge in [-0.1, -0.05) is 54.6 Å². The molecule has 0 saturated carbocycles. The zero-order chi connectivity index (χ0) is 21.0. The highest BCUT2D eigenvalue weighted by molar-refractivity contribution is 5.47. The van der Waals surface area contributed by atoms with E-state index in [2.05, 4.69) is 23.1 Å². The van der Waals surface area contributed by atoms with E-state index in [1.807, 2.05) is 18.2 Å². The van der Waals surface area contributed by atoms with E-state index in [0.717, 1.165) is 43.6 Å². The van der Waals surface area contributed by atoms with E-state index in [0.29, 0.717) is 0 Å². The van der Waals surface area contributed by atoms with Crippen LogP contribution in [0.3, 0.4) is 0 Å². The van der Waals surface area contributed by atoms with E-state index >= 15 is 0 Å². The Bertz CT molecular complexity index is 954. The number of hydrogen-bond acceptors (Lipinski definition) is 2. The smallest absolute Gasteiger partial charge is 0.123 e. The number of halogens is 2. The molecule has 4 heteroatoms. The molecule has 1 heterocycles. The molecule has 3 aromatic rings. The van der Waals surface area contributed by atoms with Gasteiger partial charge in [-0.05, 0) is 72.8 Å². The maximum atomic E-state index is 13.6. The van der Waals surface area contributed by atoms with Gasteiger partial charge in [0.1, 0.15) is 17.0 Å². The standard InChI is InChI=1S/C26H24F2N2/c27-24-10-6-21(7-11-24)26(19-29,22-8-12-25(28)13-9-22)23-14-16-30(17-15-23)18-20-4-2-1-3-5-20/h1-13,23H,14-18H2. The van der Waals surface area contributed by atoms with Crippen molar-refractivity contribution in [2.24, 2.45) is 5.92 Å². The molecule has 0 N–H and O–H groups in total. The van der Waals surface area contributed by atoms with Crippen molar-refractivity contribution in [3.05, 3.63) is 107 Å². The lowest BCUT2D eigenvalue weighted by atomic mass is 9.63. The van der Waals surface area contributed by atoms with Crippen molar-refractivity contribution in [2.45, 2.75) is 24.8 Å². The third kappa shape index (κ3) is 3.99. The summed E-state index contributed by atoms with van der Waals surface area (Å²) >= 11 is 0. The van der Waals surface area contributed by atoms with Crippen LogP contribution in [0.15, 0.2) is 78.9 Å². The fourth-order valence-corrected chi connectivity index (χ4v) is 4.65. The summed E-state index contributed by atoms with van der Waals surface area (Å²) in [5.74, 6) is -0.602. The van der Waals surface area contributed by atoms with Crippen LogP contribution in [0.5, 0.6) is 0 Å². The quantitative estimate of drug-likeness (QED) is 0.548. The van der Waals surface area contributed by atoms with Crippen molar-refractivity contribution in [2.75, 3.05) is 13.1 Å². The molecular formula is C26H24F2N2. The zero-order valence-electron chi connectivity index (χ0n) is 16.8. The van der Waals surface area contributed by atoms with E-state index in [-0.39, 0.29) is 17.6 Å². The first-order chi connectivity index (χ1) is 14.6. The summed E-state index contributed by atoms with van der Waals surface area (Å²) in [5.41, 5.74) is 1.87. The fourth-order valence-electron chi connectivity index (χ4n) is 4.65. The Kier molecular flexibility index (Phi) is 5.92. The number of nitrogens with zero attached hydrogens (tertiary/aromatic N) is 2. The van der Waals surface area contributed by atoms with Gasteiger partial charge in [-0.15, -0.1) is 0 Å². The predicted octanol–water partition coefficient (Wildman–Crippen LogP) is 5.69. The van der Waals surface area contributed by atoms with Crippen LogP contribution in [0.25, 0.3) is 0 Å². The second kappa shape index (κ2) is 8.77. The maximum absolute atomic E-state index is 13.6. The van der Waals surface area contributed by atoms with Crippen LogP contribution in [0.2, 0.25) is 0 Å². The molecular weight excluding hydrogens is 378 g/mol. The molecule has 3 aromatic carbocycles. The molecule has 0 aromatic heterocycles. The Morgan fingerprint density at radius 2 is 1.30 bits per heavy atom. The molecule has 1 aliphatic heterocycles. The number of piperidine rings is 1. The number of rotatable bonds is 5. The van der Waals surface area contributed by atoms with E-state index in [1.54, 1.807) is 24.3 Å². The summed E-state index contributed by atoms with van der Waals surface area (Å²) in [4.78, 5) is 2.41. The topological polar surface area (TPSA) is 27.0 Å². The minimum Gasteiger partial charge on any atom is -0.299 e. The third-order valence-corrected chi connectivity index (χ3v) is 6.22. The highest BCUT2D eigenvalue weighted by Crippen LogP contribution is 2.44. The Labute approximate surface area is 176 Å². The summed E-state index contributed by atoms with van der Waals surface area (Å²) in [6, 6.07) is 25.3. The molecule has 0 amide bonds. The predicted molar refractivity (Wildman–Crippen MR) is 114 cm³/mol. The normalized spacial score (nSPS) is 15.6. The van der Waals surface area contributed by atoms with Crippen molar-refractivity contribution in [1.29, 1.82) is 5.26 Å². The minimum absolute atomic E-state index is 0.0606. The second-order valence-electron chi connectivity index (χ2n) is 7.97. The molecule has 30 heavy (non-hydrogen) atoms. The monoisotopic (exact) mass is 402 g/mol. The SMILES string of the molecule is N#CC(c1ccc(F)cc1)(c1ccc(F)cc1)C1CCN(Cc2ccccc2)CC1. The van der Waals surface area contributed by atoms with E-state index in [1.165, 1.54) is 29.8 Å². The summed E-state index contributed by atoms with van der Waals surface area (Å²) in [7, 11) is 0. The number of nitriles is 1. The van der Waals surface area contributed by atoms with Crippen LogP contribution in [0.1, 0.15) is 29.5 Å². The Morgan fingerprint density at radius 1 is 0.800 bits per heavy atom. The first-order valence-electron chi connectivity index (χ1n) is 10.3. The number of hydrogen-bond donors (Lipinski definition) is 0. The molecule has 1 fully saturated rings. The number of benzene rings is 3. The Balaban J connectivity index is 1.63. The van der Waals surface area contributed by atoms with Crippen LogP contribution in [0.4, 0.5) is 8.78 Å². The first kappa shape index (κ1) is 20.3. The molecule has 2 nitrogen and oxygen atoms in total. The number of likely N-dealkylation sites (tertiary alicyclic amines) is 1. The van der Waals surface area contributed by atoms with E-state index in [9.17, 15) is 14.0 Å². The molecule has 0 bridgehead atoms. The van der Waals surface area contributed by atoms with Crippen LogP contribution in [-0.2, 0) is 12.0 Å². The zero-order valence-corrected chi connectivity index (χ0v) is 16.8. The maximum Gasteiger partial charge on any atom is 0.123 e. The van der Waals surface area contributed by atoms with Gasteiger partial charge in [0.15, 0.2) is 0 Å². The molecule has 0 radical (unpaired) electrons. The van der Waals surface area contributed by atoms with Gasteiger partial charge in [0, 0.05) is 6.54 Å². The van der Waals surface area contributed by atoms with Gasteiger partial charge in [0.05, 0.1) is 6.07 Å². The summed E-state index contributed by atoms with van der Waals surface area (Å²) in [6.45, 7) is 2.65. The van der Waals surface area contributed by atoms with Gasteiger partial charge in [0.2, 0.25) is 0 Å². The molecule has 0 spiro atoms. The molecule has 0 aliphatic carbocycles. The highest BCUT2D eigenvalue weighted by Gasteiger charge is 2.43. The lowest BCUT2D eigenvalue weighted by molar-refractivity contribution is 0.153.